The van der Waals surface area contributed by atoms with Gasteiger partial charge in [0.2, 0.25) is 5.91 Å². The number of carbonyl (C=O) groups is 1. The van der Waals surface area contributed by atoms with Crippen LogP contribution >= 0.6 is 0 Å². The first-order chi connectivity index (χ1) is 8.51. The van der Waals surface area contributed by atoms with Gasteiger partial charge in [0.25, 0.3) is 0 Å². The van der Waals surface area contributed by atoms with Crippen LogP contribution < -0.4 is 16.4 Å². The Labute approximate surface area is 108 Å². The summed E-state index contributed by atoms with van der Waals surface area (Å²) >= 11 is 0. The highest BCUT2D eigenvalue weighted by Crippen LogP contribution is 2.26. The van der Waals surface area contributed by atoms with Crippen LogP contribution in [0.4, 0.5) is 11.5 Å². The largest absolute Gasteiger partial charge is 0.394 e. The molecule has 0 fully saturated rings. The lowest BCUT2D eigenvalue weighted by Gasteiger charge is -2.23. The standard InChI is InChI=1S/C12H23N5O/c1-4-6-7-17(8-10(13)18)12-11(14)9(5-2)15-16(12)3/h4-8,14H2,1-3H3,(H2,13,18). The fraction of sp³-hybridized carbons (Fsp3) is 0.667. The van der Waals surface area contributed by atoms with Crippen molar-refractivity contribution in [3.8, 4) is 0 Å². The Balaban J connectivity index is 3.03. The van der Waals surface area contributed by atoms with E-state index in [0.29, 0.717) is 5.69 Å². The molecule has 0 aliphatic heterocycles. The van der Waals surface area contributed by atoms with Crippen molar-refractivity contribution in [2.24, 2.45) is 12.8 Å². The van der Waals surface area contributed by atoms with Crippen LogP contribution in [0, 0.1) is 0 Å². The Morgan fingerprint density at radius 3 is 2.56 bits per heavy atom. The van der Waals surface area contributed by atoms with Crippen LogP contribution in [0.3, 0.4) is 0 Å². The van der Waals surface area contributed by atoms with Gasteiger partial charge in [-0.1, -0.05) is 20.3 Å². The molecular formula is C12H23N5O. The lowest BCUT2D eigenvalue weighted by atomic mass is 10.2. The Morgan fingerprint density at radius 1 is 1.44 bits per heavy atom. The number of primary amides is 1. The first kappa shape index (κ1) is 14.3. The lowest BCUT2D eigenvalue weighted by molar-refractivity contribution is -0.116. The fourth-order valence-electron chi connectivity index (χ4n) is 2.02. The monoisotopic (exact) mass is 253 g/mol. The molecule has 0 atom stereocenters. The van der Waals surface area contributed by atoms with Gasteiger partial charge in [-0.25, -0.2) is 0 Å². The third-order valence-corrected chi connectivity index (χ3v) is 2.89. The molecule has 4 N–H and O–H groups in total. The highest BCUT2D eigenvalue weighted by molar-refractivity contribution is 5.81. The summed E-state index contributed by atoms with van der Waals surface area (Å²) in [5, 5.41) is 4.36. The molecule has 0 unspecified atom stereocenters. The minimum atomic E-state index is -0.357. The minimum Gasteiger partial charge on any atom is -0.394 e. The Morgan fingerprint density at radius 2 is 2.11 bits per heavy atom. The normalized spacial score (nSPS) is 10.6. The SMILES string of the molecule is CCCCN(CC(N)=O)c1c(N)c(CC)nn1C. The average Bonchev–Trinajstić information content (AvgIpc) is 2.59. The molecule has 1 heterocycles. The van der Waals surface area contributed by atoms with E-state index in [0.717, 1.165) is 37.3 Å². The van der Waals surface area contributed by atoms with Gasteiger partial charge in [0.05, 0.1) is 17.9 Å². The Kier molecular flexibility index (Phi) is 5.00. The van der Waals surface area contributed by atoms with E-state index in [2.05, 4.69) is 12.0 Å². The smallest absolute Gasteiger partial charge is 0.236 e. The van der Waals surface area contributed by atoms with Gasteiger partial charge < -0.3 is 16.4 Å². The number of anilines is 2. The van der Waals surface area contributed by atoms with Crippen LogP contribution in [0.2, 0.25) is 0 Å². The molecule has 0 saturated carbocycles. The number of unbranched alkanes of at least 4 members (excludes halogenated alkanes) is 1. The molecule has 0 saturated heterocycles. The van der Waals surface area contributed by atoms with Crippen molar-refractivity contribution >= 4 is 17.4 Å². The molecule has 1 rings (SSSR count). The summed E-state index contributed by atoms with van der Waals surface area (Å²) in [5.41, 5.74) is 12.9. The van der Waals surface area contributed by atoms with Gasteiger partial charge in [0.1, 0.15) is 0 Å². The molecule has 1 aromatic heterocycles. The molecular weight excluding hydrogens is 230 g/mol. The number of nitrogen functional groups attached to an aromatic ring is 1. The van der Waals surface area contributed by atoms with Crippen molar-refractivity contribution in [3.63, 3.8) is 0 Å². The van der Waals surface area contributed by atoms with Gasteiger partial charge in [-0.2, -0.15) is 5.10 Å². The average molecular weight is 253 g/mol. The second-order valence-corrected chi connectivity index (χ2v) is 4.40. The van der Waals surface area contributed by atoms with Gasteiger partial charge in [-0.05, 0) is 12.8 Å². The first-order valence-electron chi connectivity index (χ1n) is 6.35. The molecule has 18 heavy (non-hydrogen) atoms. The summed E-state index contributed by atoms with van der Waals surface area (Å²) in [7, 11) is 1.84. The predicted molar refractivity (Wildman–Crippen MR) is 73.3 cm³/mol. The number of rotatable bonds is 7. The summed E-state index contributed by atoms with van der Waals surface area (Å²) in [6.45, 7) is 5.04. The van der Waals surface area contributed by atoms with Crippen molar-refractivity contribution in [2.45, 2.75) is 33.1 Å². The minimum absolute atomic E-state index is 0.173. The molecule has 0 aliphatic carbocycles. The number of hydrogen-bond acceptors (Lipinski definition) is 4. The highest BCUT2D eigenvalue weighted by atomic mass is 16.1. The van der Waals surface area contributed by atoms with E-state index < -0.39 is 0 Å². The predicted octanol–water partition coefficient (Wildman–Crippen LogP) is 0.657. The molecule has 1 aromatic rings. The summed E-state index contributed by atoms with van der Waals surface area (Å²) in [5.74, 6) is 0.434. The zero-order chi connectivity index (χ0) is 13.7. The second-order valence-electron chi connectivity index (χ2n) is 4.40. The fourth-order valence-corrected chi connectivity index (χ4v) is 2.02. The van der Waals surface area contributed by atoms with E-state index in [1.807, 2.05) is 18.9 Å². The molecule has 0 aromatic carbocycles. The van der Waals surface area contributed by atoms with Crippen LogP contribution in [-0.4, -0.2) is 28.8 Å². The van der Waals surface area contributed by atoms with E-state index in [1.165, 1.54) is 0 Å². The number of nitrogens with zero attached hydrogens (tertiary/aromatic N) is 3. The third kappa shape index (κ3) is 3.15. The van der Waals surface area contributed by atoms with Crippen LogP contribution in [0.15, 0.2) is 0 Å². The lowest BCUT2D eigenvalue weighted by Crippen LogP contribution is -2.36. The van der Waals surface area contributed by atoms with Gasteiger partial charge in [-0.3, -0.25) is 9.48 Å². The summed E-state index contributed by atoms with van der Waals surface area (Å²) in [4.78, 5) is 13.1. The molecule has 6 nitrogen and oxygen atoms in total. The van der Waals surface area contributed by atoms with Crippen molar-refractivity contribution in [1.29, 1.82) is 0 Å². The maximum Gasteiger partial charge on any atom is 0.236 e. The van der Waals surface area contributed by atoms with Crippen molar-refractivity contribution < 1.29 is 4.79 Å². The van der Waals surface area contributed by atoms with Gasteiger partial charge in [0.15, 0.2) is 5.82 Å². The van der Waals surface area contributed by atoms with E-state index in [-0.39, 0.29) is 12.5 Å². The third-order valence-electron chi connectivity index (χ3n) is 2.89. The van der Waals surface area contributed by atoms with Crippen LogP contribution in [-0.2, 0) is 18.3 Å². The van der Waals surface area contributed by atoms with Crippen LogP contribution in [0.1, 0.15) is 32.4 Å². The first-order valence-corrected chi connectivity index (χ1v) is 6.35. The van der Waals surface area contributed by atoms with Crippen molar-refractivity contribution in [1.82, 2.24) is 9.78 Å². The molecule has 102 valence electrons. The quantitative estimate of drug-likeness (QED) is 0.746. The van der Waals surface area contributed by atoms with E-state index >= 15 is 0 Å². The highest BCUT2D eigenvalue weighted by Gasteiger charge is 2.19. The molecule has 0 aliphatic rings. The van der Waals surface area contributed by atoms with E-state index in [9.17, 15) is 4.79 Å². The number of aryl methyl sites for hydroxylation is 2. The van der Waals surface area contributed by atoms with Crippen molar-refractivity contribution in [3.05, 3.63) is 5.69 Å². The van der Waals surface area contributed by atoms with Crippen LogP contribution in [0.25, 0.3) is 0 Å². The number of hydrogen-bond donors (Lipinski definition) is 2. The second kappa shape index (κ2) is 6.28. The summed E-state index contributed by atoms with van der Waals surface area (Å²) in [6.07, 6.45) is 2.81. The Hall–Kier alpha value is -1.72. The Bertz CT molecular complexity index is 413. The molecule has 0 spiro atoms. The number of nitrogens with two attached hydrogens (primary N) is 2. The number of amides is 1. The number of carbonyl (C=O) groups excluding carboxylic acids is 1. The molecule has 1 amide bonds. The van der Waals surface area contributed by atoms with E-state index in [1.54, 1.807) is 4.68 Å². The number of aromatic nitrogens is 2. The van der Waals surface area contributed by atoms with Gasteiger partial charge in [-0.15, -0.1) is 0 Å². The zero-order valence-corrected chi connectivity index (χ0v) is 11.4. The zero-order valence-electron chi connectivity index (χ0n) is 11.4. The van der Waals surface area contributed by atoms with Gasteiger partial charge >= 0.3 is 0 Å². The maximum atomic E-state index is 11.2. The van der Waals surface area contributed by atoms with Crippen molar-refractivity contribution in [2.75, 3.05) is 23.7 Å². The maximum absolute atomic E-state index is 11.2. The summed E-state index contributed by atoms with van der Waals surface area (Å²) < 4.78 is 1.73. The van der Waals surface area contributed by atoms with Crippen LogP contribution in [0.5, 0.6) is 0 Å². The van der Waals surface area contributed by atoms with E-state index in [4.69, 9.17) is 11.5 Å². The molecule has 0 bridgehead atoms. The topological polar surface area (TPSA) is 90.2 Å². The van der Waals surface area contributed by atoms with Gasteiger partial charge in [0, 0.05) is 13.6 Å². The molecule has 6 heteroatoms. The summed E-state index contributed by atoms with van der Waals surface area (Å²) in [6, 6.07) is 0. The molecule has 0 radical (unpaired) electrons.